The number of thiazole rings is 1. The lowest BCUT2D eigenvalue weighted by atomic mass is 10.2. The molecular formula is C17H17N7OS. The van der Waals surface area contributed by atoms with Crippen LogP contribution >= 0.6 is 11.3 Å². The third kappa shape index (κ3) is 2.97. The molecule has 1 atom stereocenters. The van der Waals surface area contributed by atoms with Crippen molar-refractivity contribution < 1.29 is 4.74 Å². The molecule has 132 valence electrons. The smallest absolute Gasteiger partial charge is 0.157 e. The number of aromatic nitrogens is 7. The molecule has 1 unspecified atom stereocenters. The minimum Gasteiger partial charge on any atom is -0.497 e. The summed E-state index contributed by atoms with van der Waals surface area (Å²) in [5, 5.41) is 17.5. The van der Waals surface area contributed by atoms with Gasteiger partial charge in [-0.25, -0.2) is 9.67 Å². The second-order valence-corrected chi connectivity index (χ2v) is 6.85. The number of nitrogens with zero attached hydrogens (tertiary/aromatic N) is 7. The first kappa shape index (κ1) is 16.4. The van der Waals surface area contributed by atoms with Gasteiger partial charge >= 0.3 is 0 Å². The van der Waals surface area contributed by atoms with Gasteiger partial charge in [0.1, 0.15) is 28.8 Å². The predicted octanol–water partition coefficient (Wildman–Crippen LogP) is 2.82. The highest BCUT2D eigenvalue weighted by molar-refractivity contribution is 7.18. The van der Waals surface area contributed by atoms with Crippen molar-refractivity contribution in [2.45, 2.75) is 13.0 Å². The number of ether oxygens (including phenoxy) is 1. The van der Waals surface area contributed by atoms with Crippen LogP contribution in [0.1, 0.15) is 18.8 Å². The lowest BCUT2D eigenvalue weighted by Gasteiger charge is -2.09. The third-order valence-corrected chi connectivity index (χ3v) is 5.17. The van der Waals surface area contributed by atoms with Crippen molar-refractivity contribution in [1.82, 2.24) is 34.7 Å². The Kier molecular flexibility index (Phi) is 4.21. The van der Waals surface area contributed by atoms with Crippen molar-refractivity contribution in [2.24, 2.45) is 7.05 Å². The quantitative estimate of drug-likeness (QED) is 0.539. The molecule has 0 spiro atoms. The summed E-state index contributed by atoms with van der Waals surface area (Å²) < 4.78 is 8.94. The molecule has 0 saturated heterocycles. The molecule has 3 heterocycles. The molecule has 0 aliphatic carbocycles. The van der Waals surface area contributed by atoms with Gasteiger partial charge in [-0.3, -0.25) is 0 Å². The highest BCUT2D eigenvalue weighted by Gasteiger charge is 2.17. The summed E-state index contributed by atoms with van der Waals surface area (Å²) in [7, 11) is 3.57. The fourth-order valence-electron chi connectivity index (χ4n) is 2.65. The van der Waals surface area contributed by atoms with E-state index in [1.165, 1.54) is 0 Å². The Morgan fingerprint density at radius 3 is 2.88 bits per heavy atom. The molecule has 0 amide bonds. The maximum atomic E-state index is 5.28. The fraction of sp³-hybridized carbons (Fsp3) is 0.235. The highest BCUT2D eigenvalue weighted by atomic mass is 32.1. The second-order valence-electron chi connectivity index (χ2n) is 5.82. The van der Waals surface area contributed by atoms with Crippen molar-refractivity contribution in [2.75, 3.05) is 7.11 Å². The molecule has 0 aliphatic heterocycles. The molecule has 4 rings (SSSR count). The lowest BCUT2D eigenvalue weighted by molar-refractivity contribution is 0.415. The molecule has 0 aliphatic rings. The van der Waals surface area contributed by atoms with Crippen molar-refractivity contribution in [3.05, 3.63) is 48.8 Å². The number of hydrogen-bond acceptors (Lipinski definition) is 7. The van der Waals surface area contributed by atoms with Crippen LogP contribution in [0.15, 0.2) is 43.0 Å². The molecule has 0 bridgehead atoms. The highest BCUT2D eigenvalue weighted by Crippen LogP contribution is 2.32. The largest absolute Gasteiger partial charge is 0.497 e. The van der Waals surface area contributed by atoms with Crippen LogP contribution in [0.4, 0.5) is 0 Å². The number of benzene rings is 1. The van der Waals surface area contributed by atoms with Crippen molar-refractivity contribution >= 4 is 11.3 Å². The van der Waals surface area contributed by atoms with E-state index >= 15 is 0 Å². The number of aryl methyl sites for hydroxylation is 1. The minimum atomic E-state index is -0.0606. The number of hydrogen-bond donors (Lipinski definition) is 0. The number of rotatable bonds is 5. The molecular weight excluding hydrogens is 350 g/mol. The summed E-state index contributed by atoms with van der Waals surface area (Å²) >= 11 is 1.57. The SMILES string of the molecule is COc1cccc(-c2ncc(-c3cn(C(C)c4nncn4C)nn3)s2)c1. The zero-order valence-corrected chi connectivity index (χ0v) is 15.4. The number of methoxy groups -OCH3 is 1. The van der Waals surface area contributed by atoms with E-state index in [9.17, 15) is 0 Å². The Bertz CT molecular complexity index is 1040. The molecule has 0 N–H and O–H groups in total. The zero-order valence-electron chi connectivity index (χ0n) is 14.6. The maximum Gasteiger partial charge on any atom is 0.157 e. The van der Waals surface area contributed by atoms with E-state index < -0.39 is 0 Å². The van der Waals surface area contributed by atoms with Gasteiger partial charge in [0.25, 0.3) is 0 Å². The summed E-state index contributed by atoms with van der Waals surface area (Å²) in [6.07, 6.45) is 5.40. The summed E-state index contributed by atoms with van der Waals surface area (Å²) in [5.41, 5.74) is 1.80. The van der Waals surface area contributed by atoms with E-state index in [0.29, 0.717) is 0 Å². The molecule has 26 heavy (non-hydrogen) atoms. The van der Waals surface area contributed by atoms with Crippen LogP contribution in [0.3, 0.4) is 0 Å². The Labute approximate surface area is 154 Å². The standard InChI is InChI=1S/C17H17N7OS/c1-11(16-21-19-10-23(16)2)24-9-14(20-22-24)15-8-18-17(26-15)12-5-4-6-13(7-12)25-3/h4-11H,1-3H3. The Morgan fingerprint density at radius 2 is 2.12 bits per heavy atom. The van der Waals surface area contributed by atoms with E-state index in [4.69, 9.17) is 4.74 Å². The van der Waals surface area contributed by atoms with Crippen LogP contribution in [0, 0.1) is 0 Å². The molecule has 0 saturated carbocycles. The topological polar surface area (TPSA) is 83.5 Å². The van der Waals surface area contributed by atoms with E-state index in [2.05, 4.69) is 25.5 Å². The van der Waals surface area contributed by atoms with E-state index in [1.807, 2.05) is 55.2 Å². The maximum absolute atomic E-state index is 5.28. The van der Waals surface area contributed by atoms with Crippen LogP contribution in [-0.2, 0) is 7.05 Å². The Balaban J connectivity index is 1.60. The first-order valence-corrected chi connectivity index (χ1v) is 8.83. The first-order valence-electron chi connectivity index (χ1n) is 8.02. The van der Waals surface area contributed by atoms with Gasteiger partial charge in [0, 0.05) is 18.8 Å². The zero-order chi connectivity index (χ0) is 18.1. The van der Waals surface area contributed by atoms with Crippen LogP contribution in [0.2, 0.25) is 0 Å². The molecule has 4 aromatic rings. The van der Waals surface area contributed by atoms with Crippen molar-refractivity contribution in [3.8, 4) is 26.9 Å². The van der Waals surface area contributed by atoms with E-state index in [-0.39, 0.29) is 6.04 Å². The summed E-state index contributed by atoms with van der Waals surface area (Å²) in [5.74, 6) is 1.63. The van der Waals surface area contributed by atoms with Crippen LogP contribution in [-0.4, -0.2) is 41.9 Å². The molecule has 8 nitrogen and oxygen atoms in total. The lowest BCUT2D eigenvalue weighted by Crippen LogP contribution is -2.12. The second kappa shape index (κ2) is 6.68. The van der Waals surface area contributed by atoms with Crippen molar-refractivity contribution in [3.63, 3.8) is 0 Å². The monoisotopic (exact) mass is 367 g/mol. The van der Waals surface area contributed by atoms with Gasteiger partial charge in [0.05, 0.1) is 18.2 Å². The van der Waals surface area contributed by atoms with Gasteiger partial charge in [-0.15, -0.1) is 26.6 Å². The molecule has 1 aromatic carbocycles. The van der Waals surface area contributed by atoms with Gasteiger partial charge < -0.3 is 9.30 Å². The summed E-state index contributed by atoms with van der Waals surface area (Å²) in [6, 6.07) is 7.79. The van der Waals surface area contributed by atoms with Gasteiger partial charge in [0.15, 0.2) is 5.82 Å². The Hall–Kier alpha value is -3.07. The molecule has 0 radical (unpaired) electrons. The first-order chi connectivity index (χ1) is 12.7. The normalized spacial score (nSPS) is 12.3. The fourth-order valence-corrected chi connectivity index (χ4v) is 3.51. The average molecular weight is 367 g/mol. The van der Waals surface area contributed by atoms with Crippen LogP contribution in [0.25, 0.3) is 21.1 Å². The van der Waals surface area contributed by atoms with Gasteiger partial charge in [0.2, 0.25) is 0 Å². The van der Waals surface area contributed by atoms with Crippen LogP contribution in [0.5, 0.6) is 5.75 Å². The summed E-state index contributed by atoms with van der Waals surface area (Å²) in [6.45, 7) is 2.01. The molecule has 0 fully saturated rings. The summed E-state index contributed by atoms with van der Waals surface area (Å²) in [4.78, 5) is 5.47. The third-order valence-electron chi connectivity index (χ3n) is 4.10. The molecule has 3 aromatic heterocycles. The van der Waals surface area contributed by atoms with E-state index in [0.717, 1.165) is 32.7 Å². The van der Waals surface area contributed by atoms with Gasteiger partial charge in [-0.1, -0.05) is 17.3 Å². The van der Waals surface area contributed by atoms with Gasteiger partial charge in [-0.2, -0.15) is 0 Å². The van der Waals surface area contributed by atoms with Gasteiger partial charge in [-0.05, 0) is 19.1 Å². The predicted molar refractivity (Wildman–Crippen MR) is 97.9 cm³/mol. The minimum absolute atomic E-state index is 0.0606. The average Bonchev–Trinajstić information content (AvgIpc) is 3.41. The van der Waals surface area contributed by atoms with Crippen molar-refractivity contribution in [1.29, 1.82) is 0 Å². The molecule has 9 heteroatoms. The van der Waals surface area contributed by atoms with E-state index in [1.54, 1.807) is 29.5 Å². The van der Waals surface area contributed by atoms with Crippen LogP contribution < -0.4 is 4.74 Å². The Morgan fingerprint density at radius 1 is 1.23 bits per heavy atom.